The highest BCUT2D eigenvalue weighted by Gasteiger charge is 2.35. The molecule has 0 aromatic heterocycles. The maximum absolute atomic E-state index is 14.6. The molecule has 0 saturated heterocycles. The number of aryl methyl sites for hydroxylation is 1. The van der Waals surface area contributed by atoms with Crippen LogP contribution in [0.15, 0.2) is 114 Å². The molecule has 0 radical (unpaired) electrons. The number of anilines is 1. The number of carbonyl (C=O) groups is 2. The van der Waals surface area contributed by atoms with E-state index in [0.717, 1.165) is 16.7 Å². The first-order valence-electron chi connectivity index (χ1n) is 15.5. The zero-order chi connectivity index (χ0) is 33.1. The highest BCUT2D eigenvalue weighted by atomic mass is 32.2. The largest absolute Gasteiger partial charge is 0.497 e. The Bertz CT molecular complexity index is 1690. The van der Waals surface area contributed by atoms with E-state index in [4.69, 9.17) is 4.74 Å². The molecule has 0 fully saturated rings. The topological polar surface area (TPSA) is 96.0 Å². The van der Waals surface area contributed by atoms with Gasteiger partial charge in [-0.05, 0) is 59.4 Å². The molecule has 0 unspecified atom stereocenters. The molecule has 242 valence electrons. The Labute approximate surface area is 273 Å². The fraction of sp³-hybridized carbons (Fsp3) is 0.297. The van der Waals surface area contributed by atoms with Crippen LogP contribution in [-0.2, 0) is 39.0 Å². The molecule has 0 saturated carbocycles. The van der Waals surface area contributed by atoms with Crippen molar-refractivity contribution in [3.63, 3.8) is 0 Å². The van der Waals surface area contributed by atoms with Crippen LogP contribution in [0.1, 0.15) is 37.5 Å². The molecule has 0 aliphatic heterocycles. The summed E-state index contributed by atoms with van der Waals surface area (Å²) in [7, 11) is -2.59. The lowest BCUT2D eigenvalue weighted by atomic mass is 10.0. The minimum Gasteiger partial charge on any atom is -0.497 e. The minimum atomic E-state index is -4.16. The van der Waals surface area contributed by atoms with Gasteiger partial charge in [-0.2, -0.15) is 0 Å². The SMILES string of the molecule is CCc1ccccc1N(CC(=O)N(Cc1cccc(OC)c1)[C@H](Cc1ccccc1)C(=O)NCC(C)C)S(=O)(=O)c1ccccc1. The summed E-state index contributed by atoms with van der Waals surface area (Å²) in [6.07, 6.45) is 0.810. The summed E-state index contributed by atoms with van der Waals surface area (Å²) in [6, 6.07) is 31.2. The van der Waals surface area contributed by atoms with E-state index in [2.05, 4.69) is 5.32 Å². The average Bonchev–Trinajstić information content (AvgIpc) is 3.08. The number of carbonyl (C=O) groups excluding carboxylic acids is 2. The first kappa shape index (κ1) is 34.2. The summed E-state index contributed by atoms with van der Waals surface area (Å²) in [5.41, 5.74) is 2.83. The van der Waals surface area contributed by atoms with E-state index in [-0.39, 0.29) is 29.7 Å². The number of hydrogen-bond acceptors (Lipinski definition) is 5. The second kappa shape index (κ2) is 16.1. The normalized spacial score (nSPS) is 11.9. The van der Waals surface area contributed by atoms with E-state index in [1.807, 2.05) is 87.5 Å². The Morgan fingerprint density at radius 1 is 0.826 bits per heavy atom. The number of amides is 2. The number of sulfonamides is 1. The summed E-state index contributed by atoms with van der Waals surface area (Å²) in [6.45, 7) is 5.95. The van der Waals surface area contributed by atoms with Crippen LogP contribution in [0.3, 0.4) is 0 Å². The van der Waals surface area contributed by atoms with E-state index in [1.165, 1.54) is 21.3 Å². The van der Waals surface area contributed by atoms with Crippen molar-refractivity contribution >= 4 is 27.5 Å². The van der Waals surface area contributed by atoms with Gasteiger partial charge >= 0.3 is 0 Å². The van der Waals surface area contributed by atoms with Crippen LogP contribution >= 0.6 is 0 Å². The van der Waals surface area contributed by atoms with Crippen LogP contribution in [0.4, 0.5) is 5.69 Å². The van der Waals surface area contributed by atoms with Gasteiger partial charge in [-0.25, -0.2) is 8.42 Å². The van der Waals surface area contributed by atoms with Crippen molar-refractivity contribution in [1.29, 1.82) is 0 Å². The van der Waals surface area contributed by atoms with E-state index in [0.29, 0.717) is 24.4 Å². The number of ether oxygens (including phenoxy) is 1. The van der Waals surface area contributed by atoms with E-state index in [9.17, 15) is 18.0 Å². The molecular formula is C37H43N3O5S. The number of nitrogens with one attached hydrogen (secondary N) is 1. The van der Waals surface area contributed by atoms with Gasteiger partial charge in [-0.1, -0.05) is 99.6 Å². The van der Waals surface area contributed by atoms with Crippen LogP contribution in [0.2, 0.25) is 0 Å². The molecule has 0 heterocycles. The number of nitrogens with zero attached hydrogens (tertiary/aromatic N) is 2. The second-order valence-corrected chi connectivity index (χ2v) is 13.4. The van der Waals surface area contributed by atoms with Crippen molar-refractivity contribution in [2.24, 2.45) is 5.92 Å². The smallest absolute Gasteiger partial charge is 0.264 e. The Kier molecular flexibility index (Phi) is 12.0. The molecule has 46 heavy (non-hydrogen) atoms. The van der Waals surface area contributed by atoms with Crippen LogP contribution in [0.25, 0.3) is 0 Å². The van der Waals surface area contributed by atoms with Gasteiger partial charge < -0.3 is 15.0 Å². The average molecular weight is 642 g/mol. The lowest BCUT2D eigenvalue weighted by Gasteiger charge is -2.34. The second-order valence-electron chi connectivity index (χ2n) is 11.5. The van der Waals surface area contributed by atoms with Gasteiger partial charge in [0.15, 0.2) is 0 Å². The molecule has 4 rings (SSSR count). The molecule has 2 amide bonds. The van der Waals surface area contributed by atoms with Crippen molar-refractivity contribution in [2.75, 3.05) is 24.5 Å². The first-order chi connectivity index (χ1) is 22.1. The summed E-state index contributed by atoms with van der Waals surface area (Å²) in [5, 5.41) is 3.02. The van der Waals surface area contributed by atoms with Crippen molar-refractivity contribution in [3.8, 4) is 5.75 Å². The van der Waals surface area contributed by atoms with Gasteiger partial charge in [-0.15, -0.1) is 0 Å². The summed E-state index contributed by atoms with van der Waals surface area (Å²) in [5.74, 6) is -0.00563. The van der Waals surface area contributed by atoms with Gasteiger partial charge in [0.25, 0.3) is 10.0 Å². The lowest BCUT2D eigenvalue weighted by molar-refractivity contribution is -0.140. The van der Waals surface area contributed by atoms with E-state index < -0.39 is 28.5 Å². The van der Waals surface area contributed by atoms with E-state index >= 15 is 0 Å². The number of rotatable bonds is 15. The monoisotopic (exact) mass is 641 g/mol. The molecule has 0 aliphatic rings. The Hall–Kier alpha value is -4.63. The van der Waals surface area contributed by atoms with Crippen LogP contribution in [0.5, 0.6) is 5.75 Å². The molecule has 1 atom stereocenters. The number of benzene rings is 4. The maximum Gasteiger partial charge on any atom is 0.264 e. The molecule has 0 bridgehead atoms. The predicted molar refractivity (Wildman–Crippen MR) is 182 cm³/mol. The third-order valence-corrected chi connectivity index (χ3v) is 9.47. The van der Waals surface area contributed by atoms with Crippen molar-refractivity contribution < 1.29 is 22.7 Å². The maximum atomic E-state index is 14.6. The fourth-order valence-electron chi connectivity index (χ4n) is 5.23. The van der Waals surface area contributed by atoms with Gasteiger partial charge in [0.1, 0.15) is 18.3 Å². The molecule has 8 nitrogen and oxygen atoms in total. The summed E-state index contributed by atoms with van der Waals surface area (Å²) >= 11 is 0. The Balaban J connectivity index is 1.83. The predicted octanol–water partition coefficient (Wildman–Crippen LogP) is 5.87. The molecule has 1 N–H and O–H groups in total. The zero-order valence-corrected chi connectivity index (χ0v) is 27.7. The van der Waals surface area contributed by atoms with Gasteiger partial charge in [0.2, 0.25) is 11.8 Å². The molecule has 4 aromatic carbocycles. The lowest BCUT2D eigenvalue weighted by Crippen LogP contribution is -2.53. The van der Waals surface area contributed by atoms with E-state index in [1.54, 1.807) is 37.4 Å². The summed E-state index contributed by atoms with van der Waals surface area (Å²) < 4.78 is 35.1. The quantitative estimate of drug-likeness (QED) is 0.175. The summed E-state index contributed by atoms with van der Waals surface area (Å²) in [4.78, 5) is 30.1. The molecule has 0 spiro atoms. The van der Waals surface area contributed by atoms with Crippen molar-refractivity contribution in [1.82, 2.24) is 10.2 Å². The molecule has 4 aromatic rings. The highest BCUT2D eigenvalue weighted by molar-refractivity contribution is 7.92. The number of para-hydroxylation sites is 1. The van der Waals surface area contributed by atoms with Crippen LogP contribution in [0, 0.1) is 5.92 Å². The highest BCUT2D eigenvalue weighted by Crippen LogP contribution is 2.28. The fourth-order valence-corrected chi connectivity index (χ4v) is 6.70. The van der Waals surface area contributed by atoms with Crippen molar-refractivity contribution in [3.05, 3.63) is 126 Å². The van der Waals surface area contributed by atoms with Crippen LogP contribution < -0.4 is 14.4 Å². The third-order valence-electron chi connectivity index (χ3n) is 7.69. The molecule has 0 aliphatic carbocycles. The molecule has 9 heteroatoms. The Morgan fingerprint density at radius 3 is 2.11 bits per heavy atom. The van der Waals surface area contributed by atoms with Gasteiger partial charge in [-0.3, -0.25) is 13.9 Å². The third kappa shape index (κ3) is 8.75. The number of methoxy groups -OCH3 is 1. The zero-order valence-electron chi connectivity index (χ0n) is 26.9. The van der Waals surface area contributed by atoms with Gasteiger partial charge in [0.05, 0.1) is 17.7 Å². The first-order valence-corrected chi connectivity index (χ1v) is 17.0. The molecular weight excluding hydrogens is 598 g/mol. The Morgan fingerprint density at radius 2 is 1.46 bits per heavy atom. The van der Waals surface area contributed by atoms with Crippen LogP contribution in [-0.4, -0.2) is 51.4 Å². The minimum absolute atomic E-state index is 0.0667. The standard InChI is InChI=1S/C37H43N3O5S/c1-5-31-18-12-13-22-34(31)40(46(43,44)33-20-10-7-11-21-33)27-36(41)39(26-30-17-14-19-32(23-30)45-4)35(37(42)38-25-28(2)3)24-29-15-8-6-9-16-29/h6-23,28,35H,5,24-27H2,1-4H3,(H,38,42)/t35-/m1/s1. The van der Waals surface area contributed by atoms with Crippen molar-refractivity contribution in [2.45, 2.75) is 51.1 Å². The number of hydrogen-bond donors (Lipinski definition) is 1. The van der Waals surface area contributed by atoms with Gasteiger partial charge in [0, 0.05) is 19.5 Å².